The first-order valence-electron chi connectivity index (χ1n) is 4.16. The second-order valence-corrected chi connectivity index (χ2v) is 4.66. The van der Waals surface area contributed by atoms with Crippen LogP contribution in [0.25, 0.3) is 0 Å². The summed E-state index contributed by atoms with van der Waals surface area (Å²) in [5.74, 6) is 0.278. The van der Waals surface area contributed by atoms with Gasteiger partial charge in [-0.3, -0.25) is 0 Å². The number of benzene rings is 1. The first kappa shape index (κ1) is 10.4. The Hall–Kier alpha value is -0.730. The predicted octanol–water partition coefficient (Wildman–Crippen LogP) is 2.25. The summed E-state index contributed by atoms with van der Waals surface area (Å²) >= 11 is 5.72. The number of aromatic hydroxyl groups is 1. The van der Waals surface area contributed by atoms with Crippen LogP contribution in [0.5, 0.6) is 5.75 Å². The fraction of sp³-hybridized carbons (Fsp3) is 0.400. The molecule has 1 aromatic carbocycles. The van der Waals surface area contributed by atoms with Crippen molar-refractivity contribution < 1.29 is 9.59 Å². The van der Waals surface area contributed by atoms with E-state index in [1.807, 2.05) is 6.07 Å². The van der Waals surface area contributed by atoms with Crippen LogP contribution in [0.2, 0.25) is 5.02 Å². The average molecular weight is 201 g/mol. The molecule has 0 saturated heterocycles. The molecule has 0 aliphatic heterocycles. The van der Waals surface area contributed by atoms with E-state index in [4.69, 9.17) is 11.6 Å². The molecule has 0 atom stereocenters. The van der Waals surface area contributed by atoms with Crippen molar-refractivity contribution in [2.75, 3.05) is 21.1 Å². The Kier molecular flexibility index (Phi) is 2.84. The van der Waals surface area contributed by atoms with E-state index >= 15 is 0 Å². The molecular formula is C10H15ClNO+. The van der Waals surface area contributed by atoms with Crippen LogP contribution in [0.15, 0.2) is 18.2 Å². The van der Waals surface area contributed by atoms with Crippen molar-refractivity contribution in [1.82, 2.24) is 0 Å². The summed E-state index contributed by atoms with van der Waals surface area (Å²) in [5.41, 5.74) is 0.928. The first-order chi connectivity index (χ1) is 5.88. The van der Waals surface area contributed by atoms with Crippen molar-refractivity contribution in [2.24, 2.45) is 0 Å². The molecule has 1 rings (SSSR count). The summed E-state index contributed by atoms with van der Waals surface area (Å²) < 4.78 is 0.787. The molecule has 1 aromatic rings. The highest BCUT2D eigenvalue weighted by Crippen LogP contribution is 2.23. The topological polar surface area (TPSA) is 20.2 Å². The molecule has 0 aliphatic rings. The minimum Gasteiger partial charge on any atom is -0.507 e. The monoisotopic (exact) mass is 200 g/mol. The Morgan fingerprint density at radius 3 is 2.38 bits per heavy atom. The quantitative estimate of drug-likeness (QED) is 0.727. The van der Waals surface area contributed by atoms with Gasteiger partial charge < -0.3 is 9.59 Å². The summed E-state index contributed by atoms with van der Waals surface area (Å²) in [6.07, 6.45) is 0. The first-order valence-corrected chi connectivity index (χ1v) is 4.54. The van der Waals surface area contributed by atoms with E-state index in [1.54, 1.807) is 12.1 Å². The lowest BCUT2D eigenvalue weighted by atomic mass is 10.2. The van der Waals surface area contributed by atoms with Gasteiger partial charge in [0.2, 0.25) is 0 Å². The van der Waals surface area contributed by atoms with Gasteiger partial charge in [0.15, 0.2) is 0 Å². The number of phenols is 1. The molecular weight excluding hydrogens is 186 g/mol. The van der Waals surface area contributed by atoms with Crippen molar-refractivity contribution in [3.63, 3.8) is 0 Å². The minimum absolute atomic E-state index is 0.278. The van der Waals surface area contributed by atoms with Crippen LogP contribution in [0, 0.1) is 0 Å². The van der Waals surface area contributed by atoms with Crippen LogP contribution in [-0.4, -0.2) is 30.7 Å². The largest absolute Gasteiger partial charge is 0.507 e. The van der Waals surface area contributed by atoms with Crippen LogP contribution in [-0.2, 0) is 6.54 Å². The highest BCUT2D eigenvalue weighted by atomic mass is 35.5. The Labute approximate surface area is 84.0 Å². The number of halogens is 1. The summed E-state index contributed by atoms with van der Waals surface area (Å²) in [5, 5.41) is 10.1. The lowest BCUT2D eigenvalue weighted by Gasteiger charge is -2.24. The van der Waals surface area contributed by atoms with Gasteiger partial charge in [-0.2, -0.15) is 0 Å². The second-order valence-electron chi connectivity index (χ2n) is 4.22. The summed E-state index contributed by atoms with van der Waals surface area (Å²) in [6, 6.07) is 5.24. The third-order valence-electron chi connectivity index (χ3n) is 1.69. The van der Waals surface area contributed by atoms with Gasteiger partial charge in [-0.05, 0) is 18.2 Å². The Balaban J connectivity index is 2.90. The van der Waals surface area contributed by atoms with Gasteiger partial charge >= 0.3 is 0 Å². The molecule has 1 N–H and O–H groups in total. The van der Waals surface area contributed by atoms with Crippen molar-refractivity contribution >= 4 is 11.6 Å². The highest BCUT2D eigenvalue weighted by Gasteiger charge is 2.11. The molecule has 0 fully saturated rings. The fourth-order valence-electron chi connectivity index (χ4n) is 1.18. The number of phenolic OH excluding ortho intramolecular Hbond substituents is 1. The molecule has 0 heterocycles. The van der Waals surface area contributed by atoms with Crippen LogP contribution in [0.1, 0.15) is 5.56 Å². The lowest BCUT2D eigenvalue weighted by Crippen LogP contribution is -2.33. The van der Waals surface area contributed by atoms with Crippen molar-refractivity contribution in [2.45, 2.75) is 6.54 Å². The Morgan fingerprint density at radius 2 is 1.92 bits per heavy atom. The van der Waals surface area contributed by atoms with Crippen LogP contribution >= 0.6 is 11.6 Å². The summed E-state index contributed by atoms with van der Waals surface area (Å²) in [4.78, 5) is 0. The number of nitrogens with zero attached hydrogens (tertiary/aromatic N) is 1. The number of hydrogen-bond acceptors (Lipinski definition) is 1. The zero-order valence-electron chi connectivity index (χ0n) is 8.21. The SMILES string of the molecule is C[N+](C)(C)Cc1ccc(Cl)cc1O. The zero-order valence-corrected chi connectivity index (χ0v) is 8.97. The number of hydrogen-bond donors (Lipinski definition) is 1. The molecule has 0 amide bonds. The minimum atomic E-state index is 0.278. The van der Waals surface area contributed by atoms with E-state index in [2.05, 4.69) is 21.1 Å². The predicted molar refractivity (Wildman–Crippen MR) is 54.9 cm³/mol. The van der Waals surface area contributed by atoms with Crippen molar-refractivity contribution in [3.05, 3.63) is 28.8 Å². The number of rotatable bonds is 2. The highest BCUT2D eigenvalue weighted by molar-refractivity contribution is 6.30. The van der Waals surface area contributed by atoms with E-state index in [-0.39, 0.29) is 5.75 Å². The van der Waals surface area contributed by atoms with Crippen LogP contribution in [0.3, 0.4) is 0 Å². The second kappa shape index (κ2) is 3.56. The Bertz CT molecular complexity index is 304. The third kappa shape index (κ3) is 3.25. The zero-order chi connectivity index (χ0) is 10.1. The van der Waals surface area contributed by atoms with E-state index in [1.165, 1.54) is 0 Å². The smallest absolute Gasteiger partial charge is 0.125 e. The maximum atomic E-state index is 9.56. The van der Waals surface area contributed by atoms with E-state index < -0.39 is 0 Å². The van der Waals surface area contributed by atoms with Gasteiger partial charge in [-0.1, -0.05) is 11.6 Å². The van der Waals surface area contributed by atoms with Gasteiger partial charge in [0, 0.05) is 10.6 Å². The number of quaternary nitrogens is 1. The average Bonchev–Trinajstić information content (AvgIpc) is 1.93. The molecule has 0 aromatic heterocycles. The standard InChI is InChI=1S/C10H14ClNO/c1-12(2,3)7-8-4-5-9(11)6-10(8)13/h4-6H,7H2,1-3H3/p+1. The molecule has 3 heteroatoms. The normalized spacial score (nSPS) is 11.7. The summed E-state index contributed by atoms with van der Waals surface area (Å²) in [7, 11) is 6.23. The van der Waals surface area contributed by atoms with Gasteiger partial charge in [-0.25, -0.2) is 0 Å². The molecule has 0 radical (unpaired) electrons. The molecule has 13 heavy (non-hydrogen) atoms. The van der Waals surface area contributed by atoms with Gasteiger partial charge in [0.1, 0.15) is 12.3 Å². The molecule has 0 unspecified atom stereocenters. The van der Waals surface area contributed by atoms with Gasteiger partial charge in [0.05, 0.1) is 21.1 Å². The molecule has 0 saturated carbocycles. The molecule has 0 aliphatic carbocycles. The maximum absolute atomic E-state index is 9.56. The van der Waals surface area contributed by atoms with Crippen molar-refractivity contribution in [3.8, 4) is 5.75 Å². The summed E-state index contributed by atoms with van der Waals surface area (Å²) in [6.45, 7) is 0.795. The third-order valence-corrected chi connectivity index (χ3v) is 1.93. The molecule has 72 valence electrons. The lowest BCUT2D eigenvalue weighted by molar-refractivity contribution is -0.884. The van der Waals surface area contributed by atoms with E-state index in [0.717, 1.165) is 16.6 Å². The van der Waals surface area contributed by atoms with Crippen LogP contribution < -0.4 is 0 Å². The molecule has 2 nitrogen and oxygen atoms in total. The molecule has 0 spiro atoms. The molecule has 0 bridgehead atoms. The van der Waals surface area contributed by atoms with Gasteiger partial charge in [-0.15, -0.1) is 0 Å². The van der Waals surface area contributed by atoms with E-state index in [0.29, 0.717) is 5.02 Å². The van der Waals surface area contributed by atoms with Crippen LogP contribution in [0.4, 0.5) is 0 Å². The maximum Gasteiger partial charge on any atom is 0.125 e. The fourth-order valence-corrected chi connectivity index (χ4v) is 1.35. The van der Waals surface area contributed by atoms with Gasteiger partial charge in [0.25, 0.3) is 0 Å². The Morgan fingerprint density at radius 1 is 1.31 bits per heavy atom. The van der Waals surface area contributed by atoms with Crippen molar-refractivity contribution in [1.29, 1.82) is 0 Å². The van der Waals surface area contributed by atoms with E-state index in [9.17, 15) is 5.11 Å².